The van der Waals surface area contributed by atoms with Crippen molar-refractivity contribution in [3.8, 4) is 0 Å². The zero-order valence-electron chi connectivity index (χ0n) is 9.91. The molecular weight excluding hydrogens is 257 g/mol. The molecule has 1 aliphatic heterocycles. The van der Waals surface area contributed by atoms with Gasteiger partial charge in [0.2, 0.25) is 5.91 Å². The Balaban J connectivity index is 2.29. The summed E-state index contributed by atoms with van der Waals surface area (Å²) in [5.74, 6) is 0.116. The fourth-order valence-corrected chi connectivity index (χ4v) is 2.61. The lowest BCUT2D eigenvalue weighted by atomic mass is 9.92. The highest BCUT2D eigenvalue weighted by Gasteiger charge is 2.38. The van der Waals surface area contributed by atoms with E-state index in [1.807, 2.05) is 43.0 Å². The van der Waals surface area contributed by atoms with Crippen LogP contribution in [-0.2, 0) is 10.3 Å². The Hall–Kier alpha value is -0.730. The van der Waals surface area contributed by atoms with Crippen molar-refractivity contribution in [2.24, 2.45) is 0 Å². The van der Waals surface area contributed by atoms with Crippen molar-refractivity contribution in [2.45, 2.75) is 31.2 Å². The van der Waals surface area contributed by atoms with Crippen molar-refractivity contribution in [3.63, 3.8) is 0 Å². The standard InChI is InChI=1S/C13H15Cl2NO/c1-13(2,9-3-5-10(14)6-4-9)16-8-11(15)7-12(16)17/h3-6,11H,7-8H2,1-2H3. The second-order valence-electron chi connectivity index (χ2n) is 4.87. The first kappa shape index (κ1) is 12.7. The van der Waals surface area contributed by atoms with Gasteiger partial charge in [-0.15, -0.1) is 11.6 Å². The van der Waals surface area contributed by atoms with E-state index in [2.05, 4.69) is 0 Å². The molecule has 92 valence electrons. The largest absolute Gasteiger partial charge is 0.332 e. The summed E-state index contributed by atoms with van der Waals surface area (Å²) in [5, 5.41) is 0.626. The first-order valence-corrected chi connectivity index (χ1v) is 6.43. The number of alkyl halides is 1. The van der Waals surface area contributed by atoms with E-state index in [0.717, 1.165) is 5.56 Å². The van der Waals surface area contributed by atoms with Gasteiger partial charge >= 0.3 is 0 Å². The predicted octanol–water partition coefficient (Wildman–Crippen LogP) is 3.41. The van der Waals surface area contributed by atoms with Gasteiger partial charge in [-0.2, -0.15) is 0 Å². The Labute approximate surface area is 112 Å². The number of likely N-dealkylation sites (tertiary alicyclic amines) is 1. The molecule has 1 aromatic carbocycles. The molecule has 4 heteroatoms. The van der Waals surface area contributed by atoms with Crippen molar-refractivity contribution in [2.75, 3.05) is 6.54 Å². The molecule has 0 N–H and O–H groups in total. The molecular formula is C13H15Cl2NO. The number of amides is 1. The molecule has 1 fully saturated rings. The molecule has 0 spiro atoms. The molecule has 1 amide bonds. The Morgan fingerprint density at radius 3 is 2.35 bits per heavy atom. The van der Waals surface area contributed by atoms with Gasteiger partial charge in [0.25, 0.3) is 0 Å². The van der Waals surface area contributed by atoms with Gasteiger partial charge in [0.05, 0.1) is 10.9 Å². The van der Waals surface area contributed by atoms with Crippen LogP contribution in [0.1, 0.15) is 25.8 Å². The molecule has 17 heavy (non-hydrogen) atoms. The zero-order chi connectivity index (χ0) is 12.6. The van der Waals surface area contributed by atoms with Gasteiger partial charge in [-0.05, 0) is 31.5 Å². The molecule has 1 heterocycles. The maximum Gasteiger partial charge on any atom is 0.224 e. The quantitative estimate of drug-likeness (QED) is 0.755. The summed E-state index contributed by atoms with van der Waals surface area (Å²) in [5.41, 5.74) is 0.728. The van der Waals surface area contributed by atoms with E-state index >= 15 is 0 Å². The van der Waals surface area contributed by atoms with Gasteiger partial charge in [-0.1, -0.05) is 23.7 Å². The monoisotopic (exact) mass is 271 g/mol. The SMILES string of the molecule is CC(C)(c1ccc(Cl)cc1)N1CC(Cl)CC1=O. The number of carbonyl (C=O) groups is 1. The molecule has 1 unspecified atom stereocenters. The maximum absolute atomic E-state index is 11.9. The van der Waals surface area contributed by atoms with Crippen molar-refractivity contribution < 1.29 is 4.79 Å². The van der Waals surface area contributed by atoms with Gasteiger partial charge < -0.3 is 4.90 Å². The summed E-state index contributed by atoms with van der Waals surface area (Å²) in [6.07, 6.45) is 0.429. The van der Waals surface area contributed by atoms with Crippen LogP contribution < -0.4 is 0 Å². The Kier molecular flexibility index (Phi) is 3.37. The molecule has 1 aliphatic rings. The molecule has 1 aromatic rings. The highest BCUT2D eigenvalue weighted by Crippen LogP contribution is 2.33. The molecule has 1 atom stereocenters. The minimum Gasteiger partial charge on any atom is -0.332 e. The van der Waals surface area contributed by atoms with Crippen LogP contribution in [0.4, 0.5) is 0 Å². The van der Waals surface area contributed by atoms with Gasteiger partial charge in [-0.3, -0.25) is 4.79 Å². The molecule has 2 rings (SSSR count). The van der Waals surface area contributed by atoms with Gasteiger partial charge in [0, 0.05) is 18.0 Å². The molecule has 1 saturated heterocycles. The normalized spacial score (nSPS) is 21.1. The van der Waals surface area contributed by atoms with Crippen molar-refractivity contribution in [1.29, 1.82) is 0 Å². The number of carbonyl (C=O) groups excluding carboxylic acids is 1. The van der Waals surface area contributed by atoms with Crippen molar-refractivity contribution >= 4 is 29.1 Å². The van der Waals surface area contributed by atoms with E-state index in [1.54, 1.807) is 0 Å². The average molecular weight is 272 g/mol. The number of hydrogen-bond donors (Lipinski definition) is 0. The van der Waals surface area contributed by atoms with Crippen LogP contribution in [-0.4, -0.2) is 22.7 Å². The lowest BCUT2D eigenvalue weighted by molar-refractivity contribution is -0.132. The lowest BCUT2D eigenvalue weighted by Gasteiger charge is -2.36. The Bertz CT molecular complexity index is 428. The molecule has 2 nitrogen and oxygen atoms in total. The van der Waals surface area contributed by atoms with E-state index in [0.29, 0.717) is 18.0 Å². The minimum atomic E-state index is -0.342. The zero-order valence-corrected chi connectivity index (χ0v) is 11.4. The fourth-order valence-electron chi connectivity index (χ4n) is 2.22. The van der Waals surface area contributed by atoms with E-state index in [9.17, 15) is 4.79 Å². The lowest BCUT2D eigenvalue weighted by Crippen LogP contribution is -2.42. The van der Waals surface area contributed by atoms with Crippen LogP contribution in [0.2, 0.25) is 5.02 Å². The molecule has 0 bridgehead atoms. The summed E-state index contributed by atoms with van der Waals surface area (Å²) in [6.45, 7) is 4.67. The molecule has 0 aromatic heterocycles. The summed E-state index contributed by atoms with van der Waals surface area (Å²) in [7, 11) is 0. The second-order valence-corrected chi connectivity index (χ2v) is 5.93. The summed E-state index contributed by atoms with van der Waals surface area (Å²) in [6, 6.07) is 7.60. The van der Waals surface area contributed by atoms with Crippen molar-refractivity contribution in [3.05, 3.63) is 34.9 Å². The minimum absolute atomic E-state index is 0.0749. The summed E-state index contributed by atoms with van der Waals surface area (Å²) in [4.78, 5) is 13.7. The number of hydrogen-bond acceptors (Lipinski definition) is 1. The number of rotatable bonds is 2. The van der Waals surface area contributed by atoms with Crippen LogP contribution in [0.5, 0.6) is 0 Å². The number of halogens is 2. The summed E-state index contributed by atoms with van der Waals surface area (Å²) >= 11 is 11.9. The summed E-state index contributed by atoms with van der Waals surface area (Å²) < 4.78 is 0. The van der Waals surface area contributed by atoms with Crippen molar-refractivity contribution in [1.82, 2.24) is 4.90 Å². The third-order valence-electron chi connectivity index (χ3n) is 3.30. The maximum atomic E-state index is 11.9. The topological polar surface area (TPSA) is 20.3 Å². The number of benzene rings is 1. The predicted molar refractivity (Wildman–Crippen MR) is 70.4 cm³/mol. The first-order chi connectivity index (χ1) is 7.91. The third kappa shape index (κ3) is 2.43. The third-order valence-corrected chi connectivity index (χ3v) is 3.85. The van der Waals surface area contributed by atoms with E-state index in [1.165, 1.54) is 0 Å². The second kappa shape index (κ2) is 4.51. The Morgan fingerprint density at radius 2 is 1.88 bits per heavy atom. The van der Waals surface area contributed by atoms with Crippen LogP contribution in [0.15, 0.2) is 24.3 Å². The fraction of sp³-hybridized carbons (Fsp3) is 0.462. The molecule has 0 aliphatic carbocycles. The average Bonchev–Trinajstić information content (AvgIpc) is 2.59. The van der Waals surface area contributed by atoms with Crippen LogP contribution in [0.3, 0.4) is 0 Å². The van der Waals surface area contributed by atoms with Gasteiger partial charge in [-0.25, -0.2) is 0 Å². The van der Waals surface area contributed by atoms with Crippen LogP contribution >= 0.6 is 23.2 Å². The highest BCUT2D eigenvalue weighted by molar-refractivity contribution is 6.30. The van der Waals surface area contributed by atoms with E-state index in [-0.39, 0.29) is 16.8 Å². The smallest absolute Gasteiger partial charge is 0.224 e. The molecule has 0 saturated carbocycles. The molecule has 0 radical (unpaired) electrons. The van der Waals surface area contributed by atoms with E-state index < -0.39 is 0 Å². The van der Waals surface area contributed by atoms with Crippen LogP contribution in [0.25, 0.3) is 0 Å². The highest BCUT2D eigenvalue weighted by atomic mass is 35.5. The van der Waals surface area contributed by atoms with E-state index in [4.69, 9.17) is 23.2 Å². The van der Waals surface area contributed by atoms with Gasteiger partial charge in [0.1, 0.15) is 0 Å². The van der Waals surface area contributed by atoms with Gasteiger partial charge in [0.15, 0.2) is 0 Å². The van der Waals surface area contributed by atoms with Crippen LogP contribution in [0, 0.1) is 0 Å². The Morgan fingerprint density at radius 1 is 1.29 bits per heavy atom. The number of nitrogens with zero attached hydrogens (tertiary/aromatic N) is 1. The first-order valence-electron chi connectivity index (χ1n) is 5.62.